The molecule has 0 amide bonds. The van der Waals surface area contributed by atoms with Gasteiger partial charge in [0.25, 0.3) is 0 Å². The highest BCUT2D eigenvalue weighted by molar-refractivity contribution is 5.06. The van der Waals surface area contributed by atoms with Crippen LogP contribution in [0.1, 0.15) is 39.5 Å². The van der Waals surface area contributed by atoms with Crippen molar-refractivity contribution in [2.24, 2.45) is 5.41 Å². The van der Waals surface area contributed by atoms with Crippen LogP contribution < -0.4 is 0 Å². The summed E-state index contributed by atoms with van der Waals surface area (Å²) in [6.07, 6.45) is 5.49. The van der Waals surface area contributed by atoms with Gasteiger partial charge in [-0.1, -0.05) is 0 Å². The summed E-state index contributed by atoms with van der Waals surface area (Å²) in [4.78, 5) is 0. The zero-order chi connectivity index (χ0) is 7.24. The van der Waals surface area contributed by atoms with Gasteiger partial charge in [-0.15, -0.1) is 0 Å². The second kappa shape index (κ2) is 1.76. The lowest BCUT2D eigenvalue weighted by molar-refractivity contribution is -0.106. The van der Waals surface area contributed by atoms with Crippen molar-refractivity contribution in [3.63, 3.8) is 0 Å². The molecule has 1 aliphatic heterocycles. The maximum atomic E-state index is 5.74. The van der Waals surface area contributed by atoms with Crippen molar-refractivity contribution in [2.75, 3.05) is 6.61 Å². The Labute approximate surface area is 62.8 Å². The average molecular weight is 140 g/mol. The van der Waals surface area contributed by atoms with Gasteiger partial charge in [0.2, 0.25) is 0 Å². The van der Waals surface area contributed by atoms with Gasteiger partial charge in [0.15, 0.2) is 0 Å². The second-order valence-electron chi connectivity index (χ2n) is 4.24. The Balaban J connectivity index is 2.15. The molecule has 1 heteroatoms. The summed E-state index contributed by atoms with van der Waals surface area (Å²) in [6.45, 7) is 5.48. The van der Waals surface area contributed by atoms with Gasteiger partial charge in [-0.25, -0.2) is 0 Å². The highest BCUT2D eigenvalue weighted by Gasteiger charge is 2.55. The minimum absolute atomic E-state index is 0.186. The molecule has 58 valence electrons. The van der Waals surface area contributed by atoms with Crippen LogP contribution in [0.4, 0.5) is 0 Å². The molecule has 1 nitrogen and oxygen atoms in total. The lowest BCUT2D eigenvalue weighted by Gasteiger charge is -2.39. The summed E-state index contributed by atoms with van der Waals surface area (Å²) >= 11 is 0. The van der Waals surface area contributed by atoms with E-state index >= 15 is 0 Å². The van der Waals surface area contributed by atoms with Crippen molar-refractivity contribution in [1.29, 1.82) is 0 Å². The first kappa shape index (κ1) is 6.66. The molecule has 0 radical (unpaired) electrons. The van der Waals surface area contributed by atoms with Gasteiger partial charge in [0, 0.05) is 6.61 Å². The summed E-state index contributed by atoms with van der Waals surface area (Å²) in [5, 5.41) is 0. The molecule has 2 aliphatic rings. The van der Waals surface area contributed by atoms with E-state index in [-0.39, 0.29) is 5.60 Å². The van der Waals surface area contributed by atoms with Crippen LogP contribution in [0, 0.1) is 5.41 Å². The molecule has 1 saturated carbocycles. The van der Waals surface area contributed by atoms with E-state index in [2.05, 4.69) is 13.8 Å². The Morgan fingerprint density at radius 1 is 1.10 bits per heavy atom. The predicted molar refractivity (Wildman–Crippen MR) is 40.9 cm³/mol. The third-order valence-corrected chi connectivity index (χ3v) is 3.39. The van der Waals surface area contributed by atoms with Gasteiger partial charge in [-0.3, -0.25) is 0 Å². The van der Waals surface area contributed by atoms with Crippen molar-refractivity contribution in [1.82, 2.24) is 0 Å². The lowest BCUT2D eigenvalue weighted by atomic mass is 9.81. The predicted octanol–water partition coefficient (Wildman–Crippen LogP) is 2.36. The normalized spacial score (nSPS) is 34.2. The van der Waals surface area contributed by atoms with Crippen LogP contribution in [-0.2, 0) is 4.74 Å². The van der Waals surface area contributed by atoms with Crippen LogP contribution in [0.25, 0.3) is 0 Å². The van der Waals surface area contributed by atoms with Crippen molar-refractivity contribution in [2.45, 2.75) is 45.1 Å². The third kappa shape index (κ3) is 0.731. The van der Waals surface area contributed by atoms with E-state index in [1.165, 1.54) is 25.7 Å². The molecule has 0 aromatic heterocycles. The zero-order valence-electron chi connectivity index (χ0n) is 6.94. The standard InChI is InChI=1S/C9H16O/c1-8(2)9(5-6-9)4-3-7-10-8/h3-7H2,1-2H3. The van der Waals surface area contributed by atoms with Gasteiger partial charge in [0.1, 0.15) is 0 Å². The summed E-state index contributed by atoms with van der Waals surface area (Å²) in [7, 11) is 0. The summed E-state index contributed by atoms with van der Waals surface area (Å²) in [5.74, 6) is 0. The van der Waals surface area contributed by atoms with Crippen LogP contribution in [0.5, 0.6) is 0 Å². The summed E-state index contributed by atoms with van der Waals surface area (Å²) < 4.78 is 5.74. The van der Waals surface area contributed by atoms with Crippen LogP contribution >= 0.6 is 0 Å². The van der Waals surface area contributed by atoms with Crippen LogP contribution in [0.2, 0.25) is 0 Å². The number of hydrogen-bond donors (Lipinski definition) is 0. The summed E-state index contributed by atoms with van der Waals surface area (Å²) in [5.41, 5.74) is 0.788. The van der Waals surface area contributed by atoms with Gasteiger partial charge < -0.3 is 4.74 Å². The maximum absolute atomic E-state index is 5.74. The number of ether oxygens (including phenoxy) is 1. The van der Waals surface area contributed by atoms with Crippen molar-refractivity contribution < 1.29 is 4.74 Å². The Kier molecular flexibility index (Phi) is 1.17. The number of hydrogen-bond acceptors (Lipinski definition) is 1. The minimum Gasteiger partial charge on any atom is -0.375 e. The molecule has 0 bridgehead atoms. The molecule has 1 saturated heterocycles. The van der Waals surface area contributed by atoms with E-state index in [1.807, 2.05) is 0 Å². The van der Waals surface area contributed by atoms with E-state index in [1.54, 1.807) is 0 Å². The van der Waals surface area contributed by atoms with Crippen molar-refractivity contribution in [3.05, 3.63) is 0 Å². The van der Waals surface area contributed by atoms with Crippen LogP contribution in [0.15, 0.2) is 0 Å². The van der Waals surface area contributed by atoms with Gasteiger partial charge in [-0.05, 0) is 44.9 Å². The molecule has 10 heavy (non-hydrogen) atoms. The molecular formula is C9H16O. The highest BCUT2D eigenvalue weighted by Crippen LogP contribution is 2.60. The topological polar surface area (TPSA) is 9.23 Å². The highest BCUT2D eigenvalue weighted by atomic mass is 16.5. The van der Waals surface area contributed by atoms with E-state index < -0.39 is 0 Å². The summed E-state index contributed by atoms with van der Waals surface area (Å²) in [6, 6.07) is 0. The average Bonchev–Trinajstić information content (AvgIpc) is 2.59. The molecule has 1 spiro atoms. The van der Waals surface area contributed by atoms with Crippen LogP contribution in [-0.4, -0.2) is 12.2 Å². The van der Waals surface area contributed by atoms with Gasteiger partial charge >= 0.3 is 0 Å². The second-order valence-corrected chi connectivity index (χ2v) is 4.24. The Bertz CT molecular complexity index is 139. The van der Waals surface area contributed by atoms with Crippen molar-refractivity contribution in [3.8, 4) is 0 Å². The molecule has 0 atom stereocenters. The van der Waals surface area contributed by atoms with E-state index in [0.29, 0.717) is 5.41 Å². The molecule has 1 aliphatic carbocycles. The first-order valence-corrected chi connectivity index (χ1v) is 4.30. The van der Waals surface area contributed by atoms with Crippen molar-refractivity contribution >= 4 is 0 Å². The monoisotopic (exact) mass is 140 g/mol. The van der Waals surface area contributed by atoms with E-state index in [4.69, 9.17) is 4.74 Å². The number of rotatable bonds is 0. The smallest absolute Gasteiger partial charge is 0.0682 e. The Hall–Kier alpha value is -0.0400. The fourth-order valence-electron chi connectivity index (χ4n) is 2.19. The molecule has 1 heterocycles. The largest absolute Gasteiger partial charge is 0.375 e. The molecule has 0 N–H and O–H groups in total. The molecule has 0 aromatic rings. The maximum Gasteiger partial charge on any atom is 0.0682 e. The minimum atomic E-state index is 0.186. The molecule has 2 rings (SSSR count). The fourth-order valence-corrected chi connectivity index (χ4v) is 2.19. The first-order valence-electron chi connectivity index (χ1n) is 4.30. The van der Waals surface area contributed by atoms with E-state index in [0.717, 1.165) is 6.61 Å². The molecular weight excluding hydrogens is 124 g/mol. The van der Waals surface area contributed by atoms with E-state index in [9.17, 15) is 0 Å². The van der Waals surface area contributed by atoms with Gasteiger partial charge in [0.05, 0.1) is 5.60 Å². The fraction of sp³-hybridized carbons (Fsp3) is 1.00. The molecule has 2 fully saturated rings. The Morgan fingerprint density at radius 2 is 1.80 bits per heavy atom. The zero-order valence-corrected chi connectivity index (χ0v) is 6.94. The Morgan fingerprint density at radius 3 is 2.20 bits per heavy atom. The lowest BCUT2D eigenvalue weighted by Crippen LogP contribution is -2.40. The van der Waals surface area contributed by atoms with Gasteiger partial charge in [-0.2, -0.15) is 0 Å². The molecule has 0 aromatic carbocycles. The quantitative estimate of drug-likeness (QED) is 0.502. The van der Waals surface area contributed by atoms with Crippen LogP contribution in [0.3, 0.4) is 0 Å². The first-order chi connectivity index (χ1) is 4.66. The SMILES string of the molecule is CC1(C)OCCCC12CC2. The third-order valence-electron chi connectivity index (χ3n) is 3.39. The molecule has 0 unspecified atom stereocenters.